The van der Waals surface area contributed by atoms with E-state index in [9.17, 15) is 22.8 Å². The fourth-order valence-corrected chi connectivity index (χ4v) is 5.00. The molecular formula is C31H33F3N2O5. The Morgan fingerprint density at radius 2 is 1.83 bits per heavy atom. The minimum absolute atomic E-state index is 0.0464. The number of rotatable bonds is 10. The lowest BCUT2D eigenvalue weighted by atomic mass is 9.90. The zero-order valence-electron chi connectivity index (χ0n) is 23.0. The van der Waals surface area contributed by atoms with Gasteiger partial charge in [-0.05, 0) is 73.0 Å². The monoisotopic (exact) mass is 570 g/mol. The molecule has 2 aliphatic heterocycles. The Kier molecular flexibility index (Phi) is 9.22. The third-order valence-electron chi connectivity index (χ3n) is 7.16. The first-order valence-electron chi connectivity index (χ1n) is 13.3. The molecule has 0 saturated carbocycles. The van der Waals surface area contributed by atoms with Crippen molar-refractivity contribution in [2.75, 3.05) is 31.2 Å². The molecule has 41 heavy (non-hydrogen) atoms. The van der Waals surface area contributed by atoms with Crippen molar-refractivity contribution in [3.63, 3.8) is 0 Å². The van der Waals surface area contributed by atoms with E-state index in [2.05, 4.69) is 11.5 Å². The zero-order valence-corrected chi connectivity index (χ0v) is 23.0. The number of piperidine rings is 1. The second-order valence-electron chi connectivity index (χ2n) is 10.5. The molecule has 0 unspecified atom stereocenters. The number of hydrogen-bond donors (Lipinski definition) is 1. The van der Waals surface area contributed by atoms with Crippen LogP contribution in [0.4, 0.5) is 23.7 Å². The Morgan fingerprint density at radius 3 is 2.44 bits per heavy atom. The first-order valence-corrected chi connectivity index (χ1v) is 13.3. The number of anilines is 1. The number of carbonyl (C=O) groups is 2. The third-order valence-corrected chi connectivity index (χ3v) is 7.16. The number of likely N-dealkylation sites (tertiary alicyclic amines) is 1. The van der Waals surface area contributed by atoms with Gasteiger partial charge < -0.3 is 14.6 Å². The lowest BCUT2D eigenvalue weighted by Gasteiger charge is -2.37. The van der Waals surface area contributed by atoms with E-state index in [0.29, 0.717) is 56.0 Å². The Balaban J connectivity index is 1.46. The summed E-state index contributed by atoms with van der Waals surface area (Å²) in [5.74, 6) is -3.13. The Bertz CT molecular complexity index is 1360. The Labute approximate surface area is 237 Å². The van der Waals surface area contributed by atoms with E-state index >= 15 is 0 Å². The predicted molar refractivity (Wildman–Crippen MR) is 150 cm³/mol. The summed E-state index contributed by atoms with van der Waals surface area (Å²) in [5, 5.41) is 9.13. The molecule has 0 atom stereocenters. The van der Waals surface area contributed by atoms with Gasteiger partial charge in [-0.2, -0.15) is 0 Å². The highest BCUT2D eigenvalue weighted by molar-refractivity contribution is 5.92. The van der Waals surface area contributed by atoms with Gasteiger partial charge in [-0.1, -0.05) is 18.7 Å². The number of carboxylic acids is 1. The maximum atomic E-state index is 13.8. The number of amides is 1. The van der Waals surface area contributed by atoms with Crippen molar-refractivity contribution >= 4 is 23.3 Å². The summed E-state index contributed by atoms with van der Waals surface area (Å²) in [6, 6.07) is 11.6. The zero-order chi connectivity index (χ0) is 29.7. The third kappa shape index (κ3) is 7.18. The van der Waals surface area contributed by atoms with Crippen molar-refractivity contribution in [2.45, 2.75) is 44.9 Å². The van der Waals surface area contributed by atoms with Crippen molar-refractivity contribution in [2.24, 2.45) is 0 Å². The van der Waals surface area contributed by atoms with Crippen LogP contribution in [0.2, 0.25) is 0 Å². The molecule has 1 N–H and O–H groups in total. The van der Waals surface area contributed by atoms with E-state index in [4.69, 9.17) is 14.6 Å². The molecular weight excluding hydrogens is 537 g/mol. The largest absolute Gasteiger partial charge is 0.491 e. The molecule has 7 nitrogen and oxygen atoms in total. The number of carbonyl (C=O) groups excluding carboxylic acids is 1. The fraction of sp³-hybridized carbons (Fsp3) is 0.355. The van der Waals surface area contributed by atoms with Crippen molar-refractivity contribution < 1.29 is 37.3 Å². The van der Waals surface area contributed by atoms with Gasteiger partial charge in [-0.15, -0.1) is 0 Å². The molecule has 1 spiro atoms. The van der Waals surface area contributed by atoms with Gasteiger partial charge in [0.05, 0.1) is 18.2 Å². The number of aromatic carboxylic acids is 1. The number of carboxylic acid groups (broad SMARTS) is 1. The van der Waals surface area contributed by atoms with E-state index in [0.717, 1.165) is 17.2 Å². The van der Waals surface area contributed by atoms with Crippen LogP contribution in [0, 0.1) is 0 Å². The number of hydrogen-bond acceptors (Lipinski definition) is 5. The topological polar surface area (TPSA) is 79.3 Å². The lowest BCUT2D eigenvalue weighted by molar-refractivity contribution is -0.00102. The molecule has 2 saturated heterocycles. The molecule has 2 heterocycles. The second-order valence-corrected chi connectivity index (χ2v) is 10.5. The molecule has 1 amide bonds. The summed E-state index contributed by atoms with van der Waals surface area (Å²) in [4.78, 5) is 27.6. The van der Waals surface area contributed by atoms with Crippen LogP contribution >= 0.6 is 0 Å². The van der Waals surface area contributed by atoms with Crippen molar-refractivity contribution in [3.8, 4) is 5.75 Å². The van der Waals surface area contributed by atoms with Crippen molar-refractivity contribution in [1.29, 1.82) is 0 Å². The molecule has 218 valence electrons. The normalized spacial score (nSPS) is 17.7. The number of ether oxygens (including phenoxy) is 2. The molecule has 0 bridgehead atoms. The minimum Gasteiger partial charge on any atom is -0.491 e. The molecule has 0 aromatic heterocycles. The molecule has 4 rings (SSSR count). The van der Waals surface area contributed by atoms with Gasteiger partial charge in [0, 0.05) is 38.2 Å². The SMILES string of the molecule is C=C(/C=C\C(F)=C(\F)CF)c1ccc(OC(C)C)cc1CN1CCC2(CC1)CN(c1ccc(C(=O)O)cc1)C(=O)O2. The van der Waals surface area contributed by atoms with E-state index in [1.54, 1.807) is 18.2 Å². The fourth-order valence-electron chi connectivity index (χ4n) is 5.00. The summed E-state index contributed by atoms with van der Waals surface area (Å²) in [7, 11) is 0. The number of nitrogens with zero attached hydrogens (tertiary/aromatic N) is 2. The minimum atomic E-state index is -1.52. The number of halogens is 3. The maximum absolute atomic E-state index is 13.8. The lowest BCUT2D eigenvalue weighted by Crippen LogP contribution is -2.46. The summed E-state index contributed by atoms with van der Waals surface area (Å²) in [6.07, 6.45) is 2.86. The molecule has 10 heteroatoms. The van der Waals surface area contributed by atoms with Crippen LogP contribution in [0.5, 0.6) is 5.75 Å². The Hall–Kier alpha value is -4.05. The smallest absolute Gasteiger partial charge is 0.415 e. The second kappa shape index (κ2) is 12.6. The van der Waals surface area contributed by atoms with Gasteiger partial charge in [0.15, 0.2) is 11.7 Å². The van der Waals surface area contributed by atoms with Crippen LogP contribution in [-0.2, 0) is 11.3 Å². The van der Waals surface area contributed by atoms with Crippen LogP contribution in [0.15, 0.2) is 72.8 Å². The summed E-state index contributed by atoms with van der Waals surface area (Å²) < 4.78 is 51.1. The van der Waals surface area contributed by atoms with Crippen molar-refractivity contribution in [3.05, 3.63) is 89.5 Å². The number of benzene rings is 2. The van der Waals surface area contributed by atoms with Crippen LogP contribution in [0.25, 0.3) is 5.57 Å². The van der Waals surface area contributed by atoms with Crippen LogP contribution in [-0.4, -0.2) is 60.1 Å². The molecule has 2 aromatic carbocycles. The van der Waals surface area contributed by atoms with E-state index in [1.807, 2.05) is 26.0 Å². The molecule has 2 fully saturated rings. The summed E-state index contributed by atoms with van der Waals surface area (Å²) >= 11 is 0. The van der Waals surface area contributed by atoms with Gasteiger partial charge in [0.1, 0.15) is 18.0 Å². The van der Waals surface area contributed by atoms with Crippen LogP contribution in [0.3, 0.4) is 0 Å². The molecule has 2 aromatic rings. The van der Waals surface area contributed by atoms with Gasteiger partial charge in [-0.25, -0.2) is 22.8 Å². The van der Waals surface area contributed by atoms with E-state index in [-0.39, 0.29) is 11.7 Å². The van der Waals surface area contributed by atoms with E-state index < -0.39 is 36.0 Å². The average Bonchev–Trinajstić information content (AvgIpc) is 3.27. The summed E-state index contributed by atoms with van der Waals surface area (Å²) in [5.41, 5.74) is 2.08. The highest BCUT2D eigenvalue weighted by Crippen LogP contribution is 2.37. The Morgan fingerprint density at radius 1 is 1.15 bits per heavy atom. The number of allylic oxidation sites excluding steroid dienone is 5. The molecule has 2 aliphatic rings. The summed E-state index contributed by atoms with van der Waals surface area (Å²) in [6.45, 7) is 8.46. The predicted octanol–water partition coefficient (Wildman–Crippen LogP) is 6.85. The van der Waals surface area contributed by atoms with Crippen LogP contribution < -0.4 is 9.64 Å². The standard InChI is InChI=1S/C31H33F3N2O5/c1-20(2)40-25-9-10-26(21(3)4-11-27(33)28(34)17-32)23(16-25)18-35-14-12-31(13-15-35)19-36(30(39)41-31)24-7-5-22(6-8-24)29(37)38/h4-11,16,20H,3,12-15,17-19H2,1-2H3,(H,37,38)/b11-4-,28-27-. The first-order chi connectivity index (χ1) is 19.5. The van der Waals surface area contributed by atoms with Gasteiger partial charge in [-0.3, -0.25) is 9.80 Å². The van der Waals surface area contributed by atoms with Crippen molar-refractivity contribution in [1.82, 2.24) is 4.90 Å². The highest BCUT2D eigenvalue weighted by atomic mass is 19.2. The first kappa shape index (κ1) is 29.9. The molecule has 0 aliphatic carbocycles. The molecule has 0 radical (unpaired) electrons. The average molecular weight is 571 g/mol. The maximum Gasteiger partial charge on any atom is 0.415 e. The number of alkyl halides is 1. The highest BCUT2D eigenvalue weighted by Gasteiger charge is 2.47. The van der Waals surface area contributed by atoms with Crippen LogP contribution in [0.1, 0.15) is 48.2 Å². The van der Waals surface area contributed by atoms with Gasteiger partial charge in [0.25, 0.3) is 0 Å². The van der Waals surface area contributed by atoms with Gasteiger partial charge >= 0.3 is 12.1 Å². The quantitative estimate of drug-likeness (QED) is 0.315. The van der Waals surface area contributed by atoms with E-state index in [1.165, 1.54) is 23.1 Å². The van der Waals surface area contributed by atoms with Gasteiger partial charge in [0.2, 0.25) is 0 Å².